The molecule has 0 aliphatic carbocycles. The summed E-state index contributed by atoms with van der Waals surface area (Å²) >= 11 is 5.80. The minimum Gasteiger partial charge on any atom is -0.293 e. The maximum absolute atomic E-state index is 14.3. The molecule has 0 atom stereocenters. The summed E-state index contributed by atoms with van der Waals surface area (Å²) in [6.07, 6.45) is 0.477. The van der Waals surface area contributed by atoms with Crippen LogP contribution in [0.25, 0.3) is 16.7 Å². The van der Waals surface area contributed by atoms with E-state index in [1.54, 1.807) is 16.7 Å². The molecule has 0 unspecified atom stereocenters. The van der Waals surface area contributed by atoms with E-state index in [1.165, 1.54) is 18.2 Å². The number of nitrogens with zero attached hydrogens (tertiary/aromatic N) is 2. The fourth-order valence-electron chi connectivity index (χ4n) is 2.42. The van der Waals surface area contributed by atoms with Gasteiger partial charge < -0.3 is 0 Å². The Morgan fingerprint density at radius 1 is 1.14 bits per heavy atom. The number of imidazole rings is 1. The van der Waals surface area contributed by atoms with Gasteiger partial charge in [0.1, 0.15) is 17.5 Å². The smallest absolute Gasteiger partial charge is 0.147 e. The molecule has 0 aliphatic rings. The van der Waals surface area contributed by atoms with Gasteiger partial charge in [0.05, 0.1) is 16.7 Å². The van der Waals surface area contributed by atoms with Crippen LogP contribution in [0.5, 0.6) is 0 Å². The first-order chi connectivity index (χ1) is 10.1. The lowest BCUT2D eigenvalue weighted by molar-refractivity contribution is 0.615. The van der Waals surface area contributed by atoms with Crippen molar-refractivity contribution in [3.05, 3.63) is 59.4 Å². The van der Waals surface area contributed by atoms with E-state index in [0.717, 1.165) is 5.56 Å². The summed E-state index contributed by atoms with van der Waals surface area (Å²) in [6, 6.07) is 9.29. The van der Waals surface area contributed by atoms with Gasteiger partial charge in [0.2, 0.25) is 0 Å². The van der Waals surface area contributed by atoms with Crippen LogP contribution >= 0.6 is 11.6 Å². The summed E-state index contributed by atoms with van der Waals surface area (Å²) in [5, 5.41) is 0. The van der Waals surface area contributed by atoms with Crippen molar-refractivity contribution in [3.8, 4) is 5.69 Å². The topological polar surface area (TPSA) is 17.8 Å². The van der Waals surface area contributed by atoms with Gasteiger partial charge in [0, 0.05) is 18.4 Å². The number of rotatable bonds is 3. The molecule has 0 spiro atoms. The monoisotopic (exact) mass is 306 g/mol. The van der Waals surface area contributed by atoms with Crippen molar-refractivity contribution < 1.29 is 8.78 Å². The molecule has 3 aromatic rings. The van der Waals surface area contributed by atoms with Crippen molar-refractivity contribution in [2.24, 2.45) is 0 Å². The normalized spacial score (nSPS) is 11.2. The lowest BCUT2D eigenvalue weighted by Crippen LogP contribution is -2.04. The first-order valence-electron chi connectivity index (χ1n) is 6.59. The van der Waals surface area contributed by atoms with E-state index in [1.807, 2.05) is 13.0 Å². The highest BCUT2D eigenvalue weighted by Gasteiger charge is 2.15. The summed E-state index contributed by atoms with van der Waals surface area (Å²) < 4.78 is 29.3. The lowest BCUT2D eigenvalue weighted by Gasteiger charge is -2.10. The van der Waals surface area contributed by atoms with Crippen LogP contribution in [0.2, 0.25) is 0 Å². The van der Waals surface area contributed by atoms with Crippen LogP contribution in [-0.2, 0) is 6.42 Å². The molecule has 0 saturated carbocycles. The molecule has 21 heavy (non-hydrogen) atoms. The molecule has 1 aromatic heterocycles. The molecule has 0 amide bonds. The molecular formula is C16H13ClF2N2. The first kappa shape index (κ1) is 14.0. The van der Waals surface area contributed by atoms with Gasteiger partial charge in [-0.05, 0) is 36.8 Å². The number of benzene rings is 2. The standard InChI is InChI=1S/C16H13ClF2N2/c1-10-2-4-14(12(19)8-10)21-15-5-3-11(18)9-13(15)20-16(21)6-7-17/h2-5,8-9H,6-7H2,1H3. The van der Waals surface area contributed by atoms with E-state index in [9.17, 15) is 8.78 Å². The Kier molecular flexibility index (Phi) is 3.64. The van der Waals surface area contributed by atoms with Gasteiger partial charge in [0.25, 0.3) is 0 Å². The first-order valence-corrected chi connectivity index (χ1v) is 7.13. The third-order valence-electron chi connectivity index (χ3n) is 3.35. The molecule has 0 N–H and O–H groups in total. The maximum atomic E-state index is 14.3. The number of aryl methyl sites for hydroxylation is 2. The minimum atomic E-state index is -0.367. The summed E-state index contributed by atoms with van der Waals surface area (Å²) in [4.78, 5) is 4.38. The van der Waals surface area contributed by atoms with Crippen molar-refractivity contribution in [1.29, 1.82) is 0 Å². The molecule has 0 bridgehead atoms. The Bertz CT molecular complexity index is 811. The number of alkyl halides is 1. The second-order valence-corrected chi connectivity index (χ2v) is 5.27. The lowest BCUT2D eigenvalue weighted by atomic mass is 10.2. The van der Waals surface area contributed by atoms with Crippen LogP contribution in [0.1, 0.15) is 11.4 Å². The van der Waals surface area contributed by atoms with Gasteiger partial charge in [-0.2, -0.15) is 0 Å². The van der Waals surface area contributed by atoms with Crippen molar-refractivity contribution >= 4 is 22.6 Å². The van der Waals surface area contributed by atoms with Gasteiger partial charge >= 0.3 is 0 Å². The summed E-state index contributed by atoms with van der Waals surface area (Å²) in [5.74, 6) is 0.274. The van der Waals surface area contributed by atoms with Crippen molar-refractivity contribution in [2.75, 3.05) is 5.88 Å². The van der Waals surface area contributed by atoms with E-state index in [2.05, 4.69) is 4.98 Å². The van der Waals surface area contributed by atoms with Gasteiger partial charge in [-0.1, -0.05) is 6.07 Å². The Morgan fingerprint density at radius 3 is 2.67 bits per heavy atom. The molecule has 1 heterocycles. The molecule has 108 valence electrons. The third-order valence-corrected chi connectivity index (χ3v) is 3.54. The fraction of sp³-hybridized carbons (Fsp3) is 0.188. The SMILES string of the molecule is Cc1ccc(-n2c(CCCl)nc3cc(F)ccc32)c(F)c1. The predicted octanol–water partition coefficient (Wildman–Crippen LogP) is 4.39. The molecule has 2 nitrogen and oxygen atoms in total. The predicted molar refractivity (Wildman–Crippen MR) is 80.1 cm³/mol. The van der Waals surface area contributed by atoms with Crippen molar-refractivity contribution in [3.63, 3.8) is 0 Å². The number of halogens is 3. The molecule has 0 radical (unpaired) electrons. The summed E-state index contributed by atoms with van der Waals surface area (Å²) in [5.41, 5.74) is 2.40. The second-order valence-electron chi connectivity index (χ2n) is 4.89. The van der Waals surface area contributed by atoms with Gasteiger partial charge in [-0.25, -0.2) is 13.8 Å². The Labute approximate surface area is 126 Å². The number of hydrogen-bond donors (Lipinski definition) is 0. The maximum Gasteiger partial charge on any atom is 0.147 e. The molecule has 0 saturated heterocycles. The largest absolute Gasteiger partial charge is 0.293 e. The average molecular weight is 307 g/mol. The summed E-state index contributed by atoms with van der Waals surface area (Å²) in [7, 11) is 0. The van der Waals surface area contributed by atoms with Gasteiger partial charge in [0.15, 0.2) is 0 Å². The molecule has 0 aliphatic heterocycles. The Balaban J connectivity index is 2.30. The van der Waals surface area contributed by atoms with Gasteiger partial charge in [-0.3, -0.25) is 4.57 Å². The molecule has 3 rings (SSSR count). The highest BCUT2D eigenvalue weighted by molar-refractivity contribution is 6.17. The number of fused-ring (bicyclic) bond motifs is 1. The molecular weight excluding hydrogens is 294 g/mol. The molecule has 2 aromatic carbocycles. The third kappa shape index (κ3) is 2.51. The van der Waals surface area contributed by atoms with Crippen LogP contribution in [0.15, 0.2) is 36.4 Å². The summed E-state index contributed by atoms with van der Waals surface area (Å²) in [6.45, 7) is 1.83. The molecule has 0 fully saturated rings. The quantitative estimate of drug-likeness (QED) is 0.656. The zero-order valence-corrected chi connectivity index (χ0v) is 12.2. The number of aromatic nitrogens is 2. The average Bonchev–Trinajstić information content (AvgIpc) is 2.76. The van der Waals surface area contributed by atoms with E-state index >= 15 is 0 Å². The van der Waals surface area contributed by atoms with Crippen LogP contribution in [0, 0.1) is 18.6 Å². The minimum absolute atomic E-state index is 0.338. The zero-order chi connectivity index (χ0) is 15.0. The van der Waals surface area contributed by atoms with Crippen LogP contribution in [0.4, 0.5) is 8.78 Å². The number of hydrogen-bond acceptors (Lipinski definition) is 1. The highest BCUT2D eigenvalue weighted by atomic mass is 35.5. The van der Waals surface area contributed by atoms with E-state index in [4.69, 9.17) is 11.6 Å². The second kappa shape index (κ2) is 5.45. The van der Waals surface area contributed by atoms with Crippen LogP contribution < -0.4 is 0 Å². The Morgan fingerprint density at radius 2 is 1.95 bits per heavy atom. The van der Waals surface area contributed by atoms with Crippen molar-refractivity contribution in [1.82, 2.24) is 9.55 Å². The van der Waals surface area contributed by atoms with Crippen molar-refractivity contribution in [2.45, 2.75) is 13.3 Å². The Hall–Kier alpha value is -1.94. The van der Waals surface area contributed by atoms with Crippen LogP contribution in [0.3, 0.4) is 0 Å². The van der Waals surface area contributed by atoms with E-state index in [0.29, 0.717) is 34.8 Å². The van der Waals surface area contributed by atoms with E-state index in [-0.39, 0.29) is 11.6 Å². The fourth-order valence-corrected chi connectivity index (χ4v) is 2.59. The highest BCUT2D eigenvalue weighted by Crippen LogP contribution is 2.25. The van der Waals surface area contributed by atoms with Crippen LogP contribution in [-0.4, -0.2) is 15.4 Å². The molecule has 5 heteroatoms. The van der Waals surface area contributed by atoms with E-state index < -0.39 is 0 Å². The zero-order valence-electron chi connectivity index (χ0n) is 11.4. The van der Waals surface area contributed by atoms with Gasteiger partial charge in [-0.15, -0.1) is 11.6 Å².